The van der Waals surface area contributed by atoms with Crippen LogP contribution in [0.3, 0.4) is 0 Å². The maximum atomic E-state index is 5.48. The van der Waals surface area contributed by atoms with Crippen LogP contribution in [0.2, 0.25) is 0 Å². The predicted octanol–water partition coefficient (Wildman–Crippen LogP) is 3.50. The number of aromatic nitrogens is 1. The van der Waals surface area contributed by atoms with Gasteiger partial charge in [-0.05, 0) is 41.4 Å². The van der Waals surface area contributed by atoms with Crippen molar-refractivity contribution in [3.63, 3.8) is 0 Å². The Bertz CT molecular complexity index is 336. The molecular formula is C11H14BrNO. The van der Waals surface area contributed by atoms with Crippen LogP contribution in [0.5, 0.6) is 5.88 Å². The monoisotopic (exact) mass is 255 g/mol. The molecule has 0 bridgehead atoms. The summed E-state index contributed by atoms with van der Waals surface area (Å²) in [5.41, 5.74) is 2.23. The van der Waals surface area contributed by atoms with Crippen LogP contribution in [0, 0.1) is 6.92 Å². The molecule has 1 aromatic heterocycles. The number of hydrogen-bond donors (Lipinski definition) is 0. The molecule has 0 atom stereocenters. The van der Waals surface area contributed by atoms with Crippen LogP contribution in [0.25, 0.3) is 0 Å². The fourth-order valence-corrected chi connectivity index (χ4v) is 1.53. The zero-order valence-corrected chi connectivity index (χ0v) is 10.1. The Morgan fingerprint density at radius 1 is 1.64 bits per heavy atom. The van der Waals surface area contributed by atoms with Crippen molar-refractivity contribution in [3.05, 3.63) is 34.5 Å². The molecule has 0 aliphatic rings. The second-order valence-electron chi connectivity index (χ2n) is 3.36. The van der Waals surface area contributed by atoms with Gasteiger partial charge in [0.1, 0.15) is 0 Å². The lowest BCUT2D eigenvalue weighted by Gasteiger charge is -2.06. The summed E-state index contributed by atoms with van der Waals surface area (Å²) in [7, 11) is 0. The molecule has 14 heavy (non-hydrogen) atoms. The van der Waals surface area contributed by atoms with Crippen LogP contribution in [0.4, 0.5) is 0 Å². The van der Waals surface area contributed by atoms with Gasteiger partial charge >= 0.3 is 0 Å². The minimum atomic E-state index is 0.629. The van der Waals surface area contributed by atoms with Gasteiger partial charge in [-0.1, -0.05) is 5.57 Å². The molecule has 0 radical (unpaired) electrons. The van der Waals surface area contributed by atoms with E-state index < -0.39 is 0 Å². The quantitative estimate of drug-likeness (QED) is 0.769. The second-order valence-corrected chi connectivity index (χ2v) is 4.21. The first-order valence-corrected chi connectivity index (χ1v) is 5.28. The van der Waals surface area contributed by atoms with Crippen molar-refractivity contribution in [1.29, 1.82) is 0 Å². The van der Waals surface area contributed by atoms with Gasteiger partial charge in [0.15, 0.2) is 0 Å². The van der Waals surface area contributed by atoms with Gasteiger partial charge in [0.25, 0.3) is 0 Å². The molecule has 0 N–H and O–H groups in total. The minimum absolute atomic E-state index is 0.629. The first-order chi connectivity index (χ1) is 6.59. The lowest BCUT2D eigenvalue weighted by Crippen LogP contribution is -2.00. The molecule has 0 aromatic carbocycles. The third-order valence-corrected chi connectivity index (χ3v) is 2.28. The van der Waals surface area contributed by atoms with Gasteiger partial charge in [-0.3, -0.25) is 0 Å². The average molecular weight is 256 g/mol. The first kappa shape index (κ1) is 11.2. The van der Waals surface area contributed by atoms with E-state index in [4.69, 9.17) is 4.74 Å². The molecule has 0 saturated carbocycles. The van der Waals surface area contributed by atoms with Crippen molar-refractivity contribution in [2.75, 3.05) is 6.61 Å². The SMILES string of the molecule is C=C(C)CCOc1ncc(C)cc1Br. The van der Waals surface area contributed by atoms with Crippen molar-refractivity contribution < 1.29 is 4.74 Å². The highest BCUT2D eigenvalue weighted by molar-refractivity contribution is 9.10. The Balaban J connectivity index is 2.55. The van der Waals surface area contributed by atoms with Crippen LogP contribution in [-0.2, 0) is 0 Å². The fraction of sp³-hybridized carbons (Fsp3) is 0.364. The van der Waals surface area contributed by atoms with E-state index in [1.165, 1.54) is 0 Å². The van der Waals surface area contributed by atoms with Gasteiger partial charge in [0.2, 0.25) is 5.88 Å². The number of pyridine rings is 1. The van der Waals surface area contributed by atoms with E-state index in [0.29, 0.717) is 12.5 Å². The molecule has 3 heteroatoms. The Labute approximate surface area is 93.1 Å². The Kier molecular flexibility index (Phi) is 4.14. The Morgan fingerprint density at radius 3 is 2.93 bits per heavy atom. The zero-order valence-electron chi connectivity index (χ0n) is 8.51. The van der Waals surface area contributed by atoms with E-state index in [9.17, 15) is 0 Å². The first-order valence-electron chi connectivity index (χ1n) is 4.49. The standard InChI is InChI=1S/C11H14BrNO/c1-8(2)4-5-14-11-10(12)6-9(3)7-13-11/h6-7H,1,4-5H2,2-3H3. The summed E-state index contributed by atoms with van der Waals surface area (Å²) in [6, 6.07) is 1.99. The summed E-state index contributed by atoms with van der Waals surface area (Å²) >= 11 is 3.40. The van der Waals surface area contributed by atoms with E-state index in [-0.39, 0.29) is 0 Å². The highest BCUT2D eigenvalue weighted by atomic mass is 79.9. The zero-order chi connectivity index (χ0) is 10.6. The minimum Gasteiger partial charge on any atom is -0.477 e. The Morgan fingerprint density at radius 2 is 2.36 bits per heavy atom. The summed E-state index contributed by atoms with van der Waals surface area (Å²) in [5, 5.41) is 0. The molecule has 0 aliphatic carbocycles. The lowest BCUT2D eigenvalue weighted by atomic mass is 10.3. The topological polar surface area (TPSA) is 22.1 Å². The van der Waals surface area contributed by atoms with Crippen molar-refractivity contribution in [2.45, 2.75) is 20.3 Å². The normalized spacial score (nSPS) is 9.93. The molecule has 1 rings (SSSR count). The van der Waals surface area contributed by atoms with Gasteiger partial charge in [0.05, 0.1) is 11.1 Å². The van der Waals surface area contributed by atoms with Gasteiger partial charge < -0.3 is 4.74 Å². The van der Waals surface area contributed by atoms with Crippen LogP contribution < -0.4 is 4.74 Å². The summed E-state index contributed by atoms with van der Waals surface area (Å²) in [5.74, 6) is 0.650. The second kappa shape index (κ2) is 5.15. The van der Waals surface area contributed by atoms with Crippen molar-refractivity contribution >= 4 is 15.9 Å². The maximum Gasteiger partial charge on any atom is 0.227 e. The molecule has 0 amide bonds. The highest BCUT2D eigenvalue weighted by Crippen LogP contribution is 2.22. The number of aryl methyl sites for hydroxylation is 1. The van der Waals surface area contributed by atoms with E-state index in [1.54, 1.807) is 6.20 Å². The van der Waals surface area contributed by atoms with Gasteiger partial charge in [-0.15, -0.1) is 6.58 Å². The smallest absolute Gasteiger partial charge is 0.227 e. The van der Waals surface area contributed by atoms with Crippen molar-refractivity contribution in [3.8, 4) is 5.88 Å². The van der Waals surface area contributed by atoms with Crippen LogP contribution >= 0.6 is 15.9 Å². The molecule has 0 saturated heterocycles. The summed E-state index contributed by atoms with van der Waals surface area (Å²) in [6.07, 6.45) is 2.66. The van der Waals surface area contributed by atoms with Crippen LogP contribution in [0.15, 0.2) is 28.9 Å². The van der Waals surface area contributed by atoms with Gasteiger partial charge in [0, 0.05) is 12.6 Å². The number of ether oxygens (including phenoxy) is 1. The summed E-state index contributed by atoms with van der Waals surface area (Å²) in [4.78, 5) is 4.18. The largest absolute Gasteiger partial charge is 0.477 e. The van der Waals surface area contributed by atoms with Crippen LogP contribution in [-0.4, -0.2) is 11.6 Å². The third-order valence-electron chi connectivity index (χ3n) is 1.71. The molecule has 1 aromatic rings. The summed E-state index contributed by atoms with van der Waals surface area (Å²) in [6.45, 7) is 8.42. The number of rotatable bonds is 4. The van der Waals surface area contributed by atoms with E-state index in [2.05, 4.69) is 27.5 Å². The third kappa shape index (κ3) is 3.50. The highest BCUT2D eigenvalue weighted by Gasteiger charge is 2.02. The molecule has 0 fully saturated rings. The molecule has 2 nitrogen and oxygen atoms in total. The van der Waals surface area contributed by atoms with Crippen LogP contribution in [0.1, 0.15) is 18.9 Å². The fourth-order valence-electron chi connectivity index (χ4n) is 0.949. The number of hydrogen-bond acceptors (Lipinski definition) is 2. The van der Waals surface area contributed by atoms with E-state index >= 15 is 0 Å². The Hall–Kier alpha value is -0.830. The maximum absolute atomic E-state index is 5.48. The van der Waals surface area contributed by atoms with Crippen molar-refractivity contribution in [2.24, 2.45) is 0 Å². The van der Waals surface area contributed by atoms with Gasteiger partial charge in [-0.2, -0.15) is 0 Å². The molecule has 0 aliphatic heterocycles. The molecule has 1 heterocycles. The van der Waals surface area contributed by atoms with E-state index in [1.807, 2.05) is 19.9 Å². The molecular weight excluding hydrogens is 242 g/mol. The van der Waals surface area contributed by atoms with Crippen molar-refractivity contribution in [1.82, 2.24) is 4.98 Å². The number of halogens is 1. The lowest BCUT2D eigenvalue weighted by molar-refractivity contribution is 0.307. The number of nitrogens with zero attached hydrogens (tertiary/aromatic N) is 1. The molecule has 0 unspecified atom stereocenters. The predicted molar refractivity (Wildman–Crippen MR) is 61.6 cm³/mol. The average Bonchev–Trinajstić information content (AvgIpc) is 2.08. The van der Waals surface area contributed by atoms with Gasteiger partial charge in [-0.25, -0.2) is 4.98 Å². The molecule has 0 spiro atoms. The summed E-state index contributed by atoms with van der Waals surface area (Å²) < 4.78 is 6.39. The molecule has 76 valence electrons. The van der Waals surface area contributed by atoms with E-state index in [0.717, 1.165) is 22.0 Å².